The molecule has 1 aromatic carbocycles. The van der Waals surface area contributed by atoms with Gasteiger partial charge in [0.15, 0.2) is 5.78 Å². The van der Waals surface area contributed by atoms with Crippen LogP contribution >= 0.6 is 23.2 Å². The number of benzene rings is 1. The molecule has 0 amide bonds. The predicted octanol–water partition coefficient (Wildman–Crippen LogP) is 5.07. The van der Waals surface area contributed by atoms with Crippen molar-refractivity contribution in [3.8, 4) is 0 Å². The molecule has 0 saturated carbocycles. The summed E-state index contributed by atoms with van der Waals surface area (Å²) in [5.74, 6) is 0.280. The Morgan fingerprint density at radius 2 is 2.05 bits per heavy atom. The SMILES string of the molecule is Cc1ccc2c(n1)CCC(CCc1ccc(Cl)cc1Cl)C2=O. The van der Waals surface area contributed by atoms with Crippen LogP contribution in [0.5, 0.6) is 0 Å². The Bertz CT molecular complexity index is 727. The molecule has 1 atom stereocenters. The molecule has 2 aromatic rings. The highest BCUT2D eigenvalue weighted by atomic mass is 35.5. The quantitative estimate of drug-likeness (QED) is 0.784. The zero-order valence-corrected chi connectivity index (χ0v) is 13.9. The van der Waals surface area contributed by atoms with Gasteiger partial charge < -0.3 is 0 Å². The molecule has 0 aliphatic heterocycles. The van der Waals surface area contributed by atoms with Gasteiger partial charge in [-0.3, -0.25) is 9.78 Å². The lowest BCUT2D eigenvalue weighted by molar-refractivity contribution is 0.0894. The molecular weight excluding hydrogens is 317 g/mol. The Labute approximate surface area is 140 Å². The highest BCUT2D eigenvalue weighted by molar-refractivity contribution is 6.35. The number of halogens is 2. The number of rotatable bonds is 3. The smallest absolute Gasteiger partial charge is 0.167 e. The molecule has 3 rings (SSSR count). The van der Waals surface area contributed by atoms with E-state index in [0.717, 1.165) is 48.2 Å². The minimum absolute atomic E-state index is 0.0590. The van der Waals surface area contributed by atoms with E-state index in [2.05, 4.69) is 4.98 Å². The van der Waals surface area contributed by atoms with Gasteiger partial charge in [-0.05, 0) is 62.4 Å². The molecular formula is C18H17Cl2NO. The predicted molar refractivity (Wildman–Crippen MR) is 89.9 cm³/mol. The molecule has 0 N–H and O–H groups in total. The summed E-state index contributed by atoms with van der Waals surface area (Å²) in [4.78, 5) is 17.1. The van der Waals surface area contributed by atoms with Crippen molar-refractivity contribution in [1.82, 2.24) is 4.98 Å². The lowest BCUT2D eigenvalue weighted by atomic mass is 9.82. The number of hydrogen-bond acceptors (Lipinski definition) is 2. The lowest BCUT2D eigenvalue weighted by Crippen LogP contribution is -2.24. The van der Waals surface area contributed by atoms with Crippen LogP contribution in [0.25, 0.3) is 0 Å². The Morgan fingerprint density at radius 1 is 1.23 bits per heavy atom. The number of fused-ring (bicyclic) bond motifs is 1. The molecule has 1 aromatic heterocycles. The first kappa shape index (κ1) is 15.5. The first-order valence-electron chi connectivity index (χ1n) is 7.49. The second kappa shape index (κ2) is 6.39. The molecule has 0 radical (unpaired) electrons. The summed E-state index contributed by atoms with van der Waals surface area (Å²) in [5.41, 5.74) is 3.76. The van der Waals surface area contributed by atoms with Gasteiger partial charge in [0, 0.05) is 27.2 Å². The lowest BCUT2D eigenvalue weighted by Gasteiger charge is -2.23. The number of nitrogens with zero attached hydrogens (tertiary/aromatic N) is 1. The van der Waals surface area contributed by atoms with Crippen LogP contribution in [0.2, 0.25) is 10.0 Å². The van der Waals surface area contributed by atoms with Crippen LogP contribution in [0.1, 0.15) is 40.2 Å². The van der Waals surface area contributed by atoms with E-state index < -0.39 is 0 Å². The third-order valence-electron chi connectivity index (χ3n) is 4.26. The van der Waals surface area contributed by atoms with Gasteiger partial charge in [0.25, 0.3) is 0 Å². The summed E-state index contributed by atoms with van der Waals surface area (Å²) in [6, 6.07) is 9.37. The highest BCUT2D eigenvalue weighted by Crippen LogP contribution is 2.29. The number of Topliss-reactive ketones (excluding diaryl/α,β-unsaturated/α-hetero) is 1. The first-order valence-corrected chi connectivity index (χ1v) is 8.25. The topological polar surface area (TPSA) is 30.0 Å². The molecule has 1 aliphatic carbocycles. The summed E-state index contributed by atoms with van der Waals surface area (Å²) >= 11 is 12.1. The maximum Gasteiger partial charge on any atom is 0.167 e. The van der Waals surface area contributed by atoms with E-state index >= 15 is 0 Å². The summed E-state index contributed by atoms with van der Waals surface area (Å²) in [7, 11) is 0. The van der Waals surface area contributed by atoms with E-state index in [1.807, 2.05) is 31.2 Å². The number of carbonyl (C=O) groups is 1. The summed E-state index contributed by atoms with van der Waals surface area (Å²) in [5, 5.41) is 1.31. The largest absolute Gasteiger partial charge is 0.294 e. The van der Waals surface area contributed by atoms with E-state index in [0.29, 0.717) is 10.0 Å². The number of aryl methyl sites for hydroxylation is 3. The molecule has 1 unspecified atom stereocenters. The molecule has 114 valence electrons. The number of hydrogen-bond donors (Lipinski definition) is 0. The Balaban J connectivity index is 1.72. The van der Waals surface area contributed by atoms with Gasteiger partial charge in [-0.2, -0.15) is 0 Å². The third-order valence-corrected chi connectivity index (χ3v) is 4.84. The van der Waals surface area contributed by atoms with Gasteiger partial charge in [0.1, 0.15) is 0 Å². The number of pyridine rings is 1. The maximum absolute atomic E-state index is 12.6. The van der Waals surface area contributed by atoms with E-state index in [1.165, 1.54) is 0 Å². The maximum atomic E-state index is 12.6. The summed E-state index contributed by atoms with van der Waals surface area (Å²) in [6.07, 6.45) is 3.35. The van der Waals surface area contributed by atoms with Crippen molar-refractivity contribution in [3.63, 3.8) is 0 Å². The number of carbonyl (C=O) groups excluding carboxylic acids is 1. The fraction of sp³-hybridized carbons (Fsp3) is 0.333. The fourth-order valence-corrected chi connectivity index (χ4v) is 3.52. The molecule has 1 heterocycles. The van der Waals surface area contributed by atoms with Crippen LogP contribution < -0.4 is 0 Å². The Morgan fingerprint density at radius 3 is 2.82 bits per heavy atom. The number of aromatic nitrogens is 1. The van der Waals surface area contributed by atoms with Gasteiger partial charge in [-0.25, -0.2) is 0 Å². The molecule has 0 bridgehead atoms. The van der Waals surface area contributed by atoms with E-state index in [-0.39, 0.29) is 11.7 Å². The third kappa shape index (κ3) is 3.18. The zero-order chi connectivity index (χ0) is 15.7. The van der Waals surface area contributed by atoms with Gasteiger partial charge in [0.2, 0.25) is 0 Å². The number of ketones is 1. The normalized spacial score (nSPS) is 17.4. The monoisotopic (exact) mass is 333 g/mol. The highest BCUT2D eigenvalue weighted by Gasteiger charge is 2.28. The second-order valence-electron chi connectivity index (χ2n) is 5.82. The summed E-state index contributed by atoms with van der Waals surface area (Å²) < 4.78 is 0. The Hall–Kier alpha value is -1.38. The molecule has 0 spiro atoms. The van der Waals surface area contributed by atoms with Gasteiger partial charge in [0.05, 0.1) is 5.69 Å². The van der Waals surface area contributed by atoms with E-state index in [4.69, 9.17) is 23.2 Å². The van der Waals surface area contributed by atoms with Crippen molar-refractivity contribution >= 4 is 29.0 Å². The van der Waals surface area contributed by atoms with E-state index in [1.54, 1.807) is 6.07 Å². The van der Waals surface area contributed by atoms with Crippen LogP contribution in [0.3, 0.4) is 0 Å². The second-order valence-corrected chi connectivity index (χ2v) is 6.66. The fourth-order valence-electron chi connectivity index (χ4n) is 3.02. The van der Waals surface area contributed by atoms with Gasteiger partial charge >= 0.3 is 0 Å². The van der Waals surface area contributed by atoms with Crippen molar-refractivity contribution in [1.29, 1.82) is 0 Å². The van der Waals surface area contributed by atoms with Crippen LogP contribution in [0.4, 0.5) is 0 Å². The molecule has 22 heavy (non-hydrogen) atoms. The first-order chi connectivity index (χ1) is 10.5. The zero-order valence-electron chi connectivity index (χ0n) is 12.4. The minimum atomic E-state index is 0.0590. The molecule has 4 heteroatoms. The van der Waals surface area contributed by atoms with Crippen molar-refractivity contribution in [2.24, 2.45) is 5.92 Å². The van der Waals surface area contributed by atoms with Crippen molar-refractivity contribution < 1.29 is 4.79 Å². The minimum Gasteiger partial charge on any atom is -0.294 e. The standard InChI is InChI=1S/C18H17Cl2NO/c1-11-2-8-15-17(21-11)9-6-13(18(15)22)4-3-12-5-7-14(19)10-16(12)20/h2,5,7-8,10,13H,3-4,6,9H2,1H3. The molecule has 0 saturated heterocycles. The average Bonchev–Trinajstić information content (AvgIpc) is 2.48. The van der Waals surface area contributed by atoms with Crippen LogP contribution in [-0.4, -0.2) is 10.8 Å². The van der Waals surface area contributed by atoms with Crippen LogP contribution in [0, 0.1) is 12.8 Å². The molecule has 2 nitrogen and oxygen atoms in total. The van der Waals surface area contributed by atoms with Gasteiger partial charge in [-0.1, -0.05) is 29.3 Å². The Kier molecular flexibility index (Phi) is 4.51. The van der Waals surface area contributed by atoms with Crippen LogP contribution in [0.15, 0.2) is 30.3 Å². The average molecular weight is 334 g/mol. The van der Waals surface area contributed by atoms with E-state index in [9.17, 15) is 4.79 Å². The molecule has 0 fully saturated rings. The summed E-state index contributed by atoms with van der Waals surface area (Å²) in [6.45, 7) is 1.96. The van der Waals surface area contributed by atoms with Crippen molar-refractivity contribution in [2.75, 3.05) is 0 Å². The van der Waals surface area contributed by atoms with Crippen molar-refractivity contribution in [3.05, 3.63) is 62.9 Å². The molecule has 1 aliphatic rings. The van der Waals surface area contributed by atoms with Gasteiger partial charge in [-0.15, -0.1) is 0 Å². The van der Waals surface area contributed by atoms with Crippen LogP contribution in [-0.2, 0) is 12.8 Å². The van der Waals surface area contributed by atoms with Crippen molar-refractivity contribution in [2.45, 2.75) is 32.6 Å².